The molecule has 4 atom stereocenters. The van der Waals surface area contributed by atoms with Gasteiger partial charge < -0.3 is 0 Å². The molecule has 10 rings (SSSR count). The van der Waals surface area contributed by atoms with Gasteiger partial charge in [0.2, 0.25) is 0 Å². The molecule has 0 bridgehead atoms. The molecule has 0 saturated carbocycles. The molecule has 10 heterocycles. The summed E-state index contributed by atoms with van der Waals surface area (Å²) in [5.41, 5.74) is 0. The van der Waals surface area contributed by atoms with Crippen molar-refractivity contribution in [2.24, 2.45) is 0 Å². The molecule has 114 valence electrons. The van der Waals surface area contributed by atoms with Gasteiger partial charge in [0.25, 0.3) is 0 Å². The molecule has 0 N–H and O–H groups in total. The van der Waals surface area contributed by atoms with Crippen molar-refractivity contribution in [1.82, 2.24) is 9.80 Å². The van der Waals surface area contributed by atoms with Crippen LogP contribution in [0.3, 0.4) is 0 Å². The number of amides is 2. The number of fused-ring (bicyclic) bond motifs is 10. The van der Waals surface area contributed by atoms with Crippen LogP contribution in [0.4, 0.5) is 0 Å². The quantitative estimate of drug-likeness (QED) is 0.697. The third kappa shape index (κ3) is 0.100. The summed E-state index contributed by atoms with van der Waals surface area (Å²) in [6.07, 6.45) is 0. The van der Waals surface area contributed by atoms with Crippen LogP contribution in [0, 0.1) is 0 Å². The summed E-state index contributed by atoms with van der Waals surface area (Å²) >= 11 is 0. The summed E-state index contributed by atoms with van der Waals surface area (Å²) in [5, 5.41) is 0. The number of carbonyl (C=O) groups excluding carboxylic acids is 2. The summed E-state index contributed by atoms with van der Waals surface area (Å²) in [6.45, 7) is 0. The van der Waals surface area contributed by atoms with Crippen molar-refractivity contribution < 1.29 is 17.3 Å². The van der Waals surface area contributed by atoms with Crippen LogP contribution >= 0.6 is 0 Å². The van der Waals surface area contributed by atoms with Crippen LogP contribution in [0.5, 0.6) is 0 Å². The summed E-state index contributed by atoms with van der Waals surface area (Å²) < 4.78 is 7.71. The van der Waals surface area contributed by atoms with E-state index in [1.165, 1.54) is 0 Å². The topological polar surface area (TPSA) is 40.6 Å². The van der Waals surface area contributed by atoms with E-state index in [4.69, 9.17) is 0 Å². The van der Waals surface area contributed by atoms with Crippen LogP contribution in [-0.4, -0.2) is 49.8 Å². The van der Waals surface area contributed by atoms with E-state index in [0.717, 1.165) is 31.6 Å². The molecule has 0 aromatic carbocycles. The van der Waals surface area contributed by atoms with Crippen LogP contribution < -0.4 is 0 Å². The first-order valence-corrected chi connectivity index (χ1v) is 18.1. The van der Waals surface area contributed by atoms with E-state index in [2.05, 4.69) is 0 Å². The van der Waals surface area contributed by atoms with Crippen molar-refractivity contribution in [2.45, 2.75) is 44.1 Å². The molecular weight excluding hydrogens is 353 g/mol. The summed E-state index contributed by atoms with van der Waals surface area (Å²) in [6, 6.07) is 0. The van der Waals surface area contributed by atoms with Crippen molar-refractivity contribution >= 4 is 11.8 Å². The Balaban J connectivity index is 1.49. The first-order chi connectivity index (χ1) is 9.64. The van der Waals surface area contributed by atoms with Gasteiger partial charge in [-0.25, -0.2) is 0 Å². The minimum absolute atomic E-state index is 0.160. The SMILES string of the molecule is CN(C)C(=O)[C]12[CH]3[CH]4[C]5(C(=O)N(C)C)[CH]1[Ru]34251678[CH]2[CH]1[CH]6[CH]7[CH]28. The van der Waals surface area contributed by atoms with Gasteiger partial charge in [-0.05, 0) is 0 Å². The standard InChI is InChI=1S/C11H15N2O2.C5H5.Ru/c1-12(2)10(14)8-5-6-9(7-8)11(15)13(3)4;1-2-4-5-3-1;/h5-7H,1-4H3;1-5H;. The molecule has 1 spiro atoms. The zero-order valence-electron chi connectivity index (χ0n) is 12.7. The molecule has 10 saturated heterocycles. The Bertz CT molecular complexity index is 1120. The molecule has 4 nitrogen and oxygen atoms in total. The molecule has 10 aliphatic heterocycles. The van der Waals surface area contributed by atoms with Gasteiger partial charge >= 0.3 is 111 Å². The van der Waals surface area contributed by atoms with Crippen LogP contribution in [0.25, 0.3) is 0 Å². The predicted molar refractivity (Wildman–Crippen MR) is 72.8 cm³/mol. The van der Waals surface area contributed by atoms with Crippen molar-refractivity contribution in [3.8, 4) is 0 Å². The van der Waals surface area contributed by atoms with E-state index >= 15 is 0 Å². The molecule has 10 fully saturated rings. The molecule has 2 amide bonds. The fraction of sp³-hybridized carbons (Fsp3) is 0.875. The summed E-state index contributed by atoms with van der Waals surface area (Å²) in [7, 11) is 3.66. The Morgan fingerprint density at radius 1 is 0.762 bits per heavy atom. The third-order valence-corrected chi connectivity index (χ3v) is 83.4. The Morgan fingerprint density at radius 3 is 1.29 bits per heavy atom. The van der Waals surface area contributed by atoms with Gasteiger partial charge in [0.05, 0.1) is 0 Å². The Labute approximate surface area is 111 Å². The fourth-order valence-electron chi connectivity index (χ4n) is 18.4. The van der Waals surface area contributed by atoms with Gasteiger partial charge in [-0.15, -0.1) is 0 Å². The molecule has 5 heteroatoms. The van der Waals surface area contributed by atoms with Crippen molar-refractivity contribution in [3.05, 3.63) is 0 Å². The predicted octanol–water partition coefficient (Wildman–Crippen LogP) is 2.29. The van der Waals surface area contributed by atoms with E-state index in [1.807, 2.05) is 38.0 Å². The van der Waals surface area contributed by atoms with E-state index in [0.29, 0.717) is 16.3 Å². The average Bonchev–Trinajstić information content (AvgIpc) is 3.36. The van der Waals surface area contributed by atoms with Gasteiger partial charge in [-0.3, -0.25) is 0 Å². The Morgan fingerprint density at radius 2 is 1.10 bits per heavy atom. The molecule has 21 heavy (non-hydrogen) atoms. The maximum absolute atomic E-state index is 13.3. The Kier molecular flexibility index (Phi) is 0.337. The van der Waals surface area contributed by atoms with Gasteiger partial charge in [-0.1, -0.05) is 0 Å². The van der Waals surface area contributed by atoms with Crippen LogP contribution in [0.1, 0.15) is 0 Å². The first kappa shape index (κ1) is 9.00. The molecular formula is C16H20N2O2Ru. The fourth-order valence-corrected chi connectivity index (χ4v) is 153. The summed E-state index contributed by atoms with van der Waals surface area (Å²) in [4.78, 5) is 30.4. The molecule has 0 radical (unpaired) electrons. The van der Waals surface area contributed by atoms with Crippen LogP contribution in [-0.2, 0) is 17.3 Å². The average molecular weight is 373 g/mol. The van der Waals surface area contributed by atoms with Crippen LogP contribution in [0.2, 0.25) is 44.1 Å². The number of hydrogen-bond acceptors (Lipinski definition) is 2. The number of rotatable bonds is 2. The normalized spacial score (nSPS) is 102. The zero-order valence-corrected chi connectivity index (χ0v) is 14.4. The summed E-state index contributed by atoms with van der Waals surface area (Å²) in [5.74, 6) is 0.988. The molecule has 4 unspecified atom stereocenters. The second-order valence-corrected chi connectivity index (χ2v) is 48.7. The number of carbonyl (C=O) groups is 2. The zero-order chi connectivity index (χ0) is 14.2. The van der Waals surface area contributed by atoms with Gasteiger partial charge in [-0.2, -0.15) is 0 Å². The van der Waals surface area contributed by atoms with E-state index in [1.54, 1.807) is 0 Å². The number of hydrogen-bond donors (Lipinski definition) is 0. The van der Waals surface area contributed by atoms with E-state index in [-0.39, 0.29) is 8.02 Å². The molecule has 0 aliphatic carbocycles. The van der Waals surface area contributed by atoms with E-state index < -0.39 is 7.72 Å². The van der Waals surface area contributed by atoms with Crippen molar-refractivity contribution in [1.29, 1.82) is 0 Å². The van der Waals surface area contributed by atoms with Gasteiger partial charge in [0, 0.05) is 0 Å². The van der Waals surface area contributed by atoms with Crippen LogP contribution in [0.15, 0.2) is 0 Å². The third-order valence-electron chi connectivity index (χ3n) is 16.3. The molecule has 0 aromatic heterocycles. The number of nitrogens with zero attached hydrogens (tertiary/aromatic N) is 2. The second kappa shape index (κ2) is 0.787. The van der Waals surface area contributed by atoms with Crippen molar-refractivity contribution in [2.75, 3.05) is 28.2 Å². The molecule has 10 aliphatic rings. The van der Waals surface area contributed by atoms with Gasteiger partial charge in [0.1, 0.15) is 0 Å². The second-order valence-electron chi connectivity index (χ2n) is 12.2. The van der Waals surface area contributed by atoms with Gasteiger partial charge in [0.15, 0.2) is 0 Å². The maximum atomic E-state index is 13.3. The first-order valence-electron chi connectivity index (χ1n) is 8.29. The molecule has 0 aromatic rings. The van der Waals surface area contributed by atoms with Crippen molar-refractivity contribution in [3.63, 3.8) is 0 Å². The minimum atomic E-state index is -4.16. The Hall–Kier alpha value is -0.437. The van der Waals surface area contributed by atoms with E-state index in [9.17, 15) is 9.59 Å². The monoisotopic (exact) mass is 374 g/mol.